The maximum Gasteiger partial charge on any atom is 0.138 e. The van der Waals surface area contributed by atoms with Crippen LogP contribution in [0.2, 0.25) is 0 Å². The number of hydrogen-bond acceptors (Lipinski definition) is 4. The van der Waals surface area contributed by atoms with Crippen LogP contribution in [0.3, 0.4) is 0 Å². The maximum absolute atomic E-state index is 8.72. The lowest BCUT2D eigenvalue weighted by molar-refractivity contribution is 0.216. The van der Waals surface area contributed by atoms with Crippen molar-refractivity contribution in [3.63, 3.8) is 0 Å². The smallest absolute Gasteiger partial charge is 0.138 e. The van der Waals surface area contributed by atoms with Crippen LogP contribution in [-0.2, 0) is 6.54 Å². The zero-order chi connectivity index (χ0) is 9.84. The Bertz CT molecular complexity index is 251. The van der Waals surface area contributed by atoms with E-state index in [1.165, 1.54) is 0 Å². The first kappa shape index (κ1) is 10.2. The molecule has 4 heteroatoms. The molecule has 0 fully saturated rings. The van der Waals surface area contributed by atoms with Gasteiger partial charge >= 0.3 is 0 Å². The standard InChI is InChI=1S/C9H16N2O2/c1-7-9(8(2)13-10-7)6-11(3)4-5-12/h12H,4-6H2,1-3H3. The van der Waals surface area contributed by atoms with E-state index in [0.29, 0.717) is 6.54 Å². The highest BCUT2D eigenvalue weighted by molar-refractivity contribution is 5.20. The number of nitrogens with zero attached hydrogens (tertiary/aromatic N) is 2. The summed E-state index contributed by atoms with van der Waals surface area (Å²) in [6.07, 6.45) is 0. The van der Waals surface area contributed by atoms with Gasteiger partial charge in [0, 0.05) is 18.7 Å². The molecule has 0 spiro atoms. The molecule has 0 aromatic carbocycles. The third-order valence-corrected chi connectivity index (χ3v) is 2.09. The summed E-state index contributed by atoms with van der Waals surface area (Å²) < 4.78 is 5.04. The average Bonchev–Trinajstić information content (AvgIpc) is 2.36. The quantitative estimate of drug-likeness (QED) is 0.749. The predicted molar refractivity (Wildman–Crippen MR) is 49.4 cm³/mol. The molecule has 1 rings (SSSR count). The fraction of sp³-hybridized carbons (Fsp3) is 0.667. The summed E-state index contributed by atoms with van der Waals surface area (Å²) in [6.45, 7) is 5.46. The molecule has 0 atom stereocenters. The van der Waals surface area contributed by atoms with Crippen LogP contribution in [0.1, 0.15) is 17.0 Å². The van der Waals surface area contributed by atoms with Gasteiger partial charge in [0.2, 0.25) is 0 Å². The molecule has 1 aromatic rings. The van der Waals surface area contributed by atoms with Crippen LogP contribution in [0.4, 0.5) is 0 Å². The minimum absolute atomic E-state index is 0.180. The largest absolute Gasteiger partial charge is 0.395 e. The summed E-state index contributed by atoms with van der Waals surface area (Å²) in [5.74, 6) is 0.863. The second-order valence-corrected chi connectivity index (χ2v) is 3.26. The second kappa shape index (κ2) is 4.39. The van der Waals surface area contributed by atoms with Gasteiger partial charge < -0.3 is 9.63 Å². The normalized spacial score (nSPS) is 11.2. The number of aromatic nitrogens is 1. The molecule has 4 nitrogen and oxygen atoms in total. The van der Waals surface area contributed by atoms with E-state index in [1.807, 2.05) is 25.8 Å². The number of rotatable bonds is 4. The molecule has 0 bridgehead atoms. The lowest BCUT2D eigenvalue weighted by atomic mass is 10.2. The summed E-state index contributed by atoms with van der Waals surface area (Å²) in [7, 11) is 1.96. The lowest BCUT2D eigenvalue weighted by Gasteiger charge is -2.14. The molecule has 1 N–H and O–H groups in total. The van der Waals surface area contributed by atoms with Crippen molar-refractivity contribution >= 4 is 0 Å². The van der Waals surface area contributed by atoms with Crippen LogP contribution >= 0.6 is 0 Å². The van der Waals surface area contributed by atoms with Gasteiger partial charge in [-0.25, -0.2) is 0 Å². The van der Waals surface area contributed by atoms with Crippen LogP contribution in [0.15, 0.2) is 4.52 Å². The van der Waals surface area contributed by atoms with Crippen molar-refractivity contribution in [2.45, 2.75) is 20.4 Å². The van der Waals surface area contributed by atoms with E-state index in [-0.39, 0.29) is 6.61 Å². The zero-order valence-electron chi connectivity index (χ0n) is 8.37. The highest BCUT2D eigenvalue weighted by atomic mass is 16.5. The molecule has 0 radical (unpaired) electrons. The third kappa shape index (κ3) is 2.54. The van der Waals surface area contributed by atoms with E-state index < -0.39 is 0 Å². The number of aryl methyl sites for hydroxylation is 2. The molecular weight excluding hydrogens is 168 g/mol. The van der Waals surface area contributed by atoms with Gasteiger partial charge in [0.1, 0.15) is 5.76 Å². The third-order valence-electron chi connectivity index (χ3n) is 2.09. The van der Waals surface area contributed by atoms with Crippen LogP contribution in [0.5, 0.6) is 0 Å². The van der Waals surface area contributed by atoms with Crippen molar-refractivity contribution in [2.24, 2.45) is 0 Å². The van der Waals surface area contributed by atoms with E-state index in [4.69, 9.17) is 9.63 Å². The second-order valence-electron chi connectivity index (χ2n) is 3.26. The van der Waals surface area contributed by atoms with Gasteiger partial charge in [-0.15, -0.1) is 0 Å². The Hall–Kier alpha value is -0.870. The minimum atomic E-state index is 0.180. The monoisotopic (exact) mass is 184 g/mol. The first-order chi connectivity index (χ1) is 6.15. The highest BCUT2D eigenvalue weighted by Crippen LogP contribution is 2.13. The van der Waals surface area contributed by atoms with Crippen molar-refractivity contribution in [1.29, 1.82) is 0 Å². The summed E-state index contributed by atoms with van der Waals surface area (Å²) in [5, 5.41) is 12.6. The Morgan fingerprint density at radius 1 is 1.46 bits per heavy atom. The number of likely N-dealkylation sites (N-methyl/N-ethyl adjacent to an activating group) is 1. The van der Waals surface area contributed by atoms with Crippen molar-refractivity contribution in [3.05, 3.63) is 17.0 Å². The fourth-order valence-corrected chi connectivity index (χ4v) is 1.25. The molecule has 1 heterocycles. The van der Waals surface area contributed by atoms with Gasteiger partial charge in [-0.1, -0.05) is 5.16 Å². The van der Waals surface area contributed by atoms with Crippen molar-refractivity contribution in [1.82, 2.24) is 10.1 Å². The molecule has 0 aliphatic rings. The molecule has 0 saturated heterocycles. The Labute approximate surface area is 78.1 Å². The Balaban J connectivity index is 2.62. The van der Waals surface area contributed by atoms with Gasteiger partial charge in [-0.05, 0) is 20.9 Å². The van der Waals surface area contributed by atoms with Crippen molar-refractivity contribution < 1.29 is 9.63 Å². The van der Waals surface area contributed by atoms with Crippen LogP contribution in [0, 0.1) is 13.8 Å². The lowest BCUT2D eigenvalue weighted by Crippen LogP contribution is -2.22. The van der Waals surface area contributed by atoms with Crippen LogP contribution in [0.25, 0.3) is 0 Å². The molecule has 0 saturated carbocycles. The van der Waals surface area contributed by atoms with Gasteiger partial charge in [0.15, 0.2) is 0 Å². The minimum Gasteiger partial charge on any atom is -0.395 e. The van der Waals surface area contributed by atoms with Gasteiger partial charge in [0.05, 0.1) is 12.3 Å². The van der Waals surface area contributed by atoms with E-state index in [0.717, 1.165) is 23.6 Å². The van der Waals surface area contributed by atoms with Gasteiger partial charge in [-0.3, -0.25) is 4.90 Å². The van der Waals surface area contributed by atoms with Crippen molar-refractivity contribution in [3.8, 4) is 0 Å². The Kier molecular flexibility index (Phi) is 3.45. The molecular formula is C9H16N2O2. The van der Waals surface area contributed by atoms with E-state index in [9.17, 15) is 0 Å². The van der Waals surface area contributed by atoms with Crippen LogP contribution < -0.4 is 0 Å². The van der Waals surface area contributed by atoms with E-state index in [1.54, 1.807) is 0 Å². The zero-order valence-corrected chi connectivity index (χ0v) is 8.37. The molecule has 0 unspecified atom stereocenters. The first-order valence-corrected chi connectivity index (χ1v) is 4.36. The molecule has 1 aromatic heterocycles. The fourth-order valence-electron chi connectivity index (χ4n) is 1.25. The summed E-state index contributed by atoms with van der Waals surface area (Å²) >= 11 is 0. The number of hydrogen-bond donors (Lipinski definition) is 1. The number of aliphatic hydroxyl groups excluding tert-OH is 1. The van der Waals surface area contributed by atoms with Gasteiger partial charge in [0.25, 0.3) is 0 Å². The summed E-state index contributed by atoms with van der Waals surface area (Å²) in [6, 6.07) is 0. The molecule has 13 heavy (non-hydrogen) atoms. The van der Waals surface area contributed by atoms with Gasteiger partial charge in [-0.2, -0.15) is 0 Å². The Morgan fingerprint density at radius 2 is 2.15 bits per heavy atom. The first-order valence-electron chi connectivity index (χ1n) is 4.36. The summed E-state index contributed by atoms with van der Waals surface area (Å²) in [4.78, 5) is 2.03. The number of aliphatic hydroxyl groups is 1. The molecule has 0 aliphatic carbocycles. The Morgan fingerprint density at radius 3 is 2.62 bits per heavy atom. The topological polar surface area (TPSA) is 49.5 Å². The van der Waals surface area contributed by atoms with E-state index in [2.05, 4.69) is 5.16 Å². The maximum atomic E-state index is 8.72. The van der Waals surface area contributed by atoms with Crippen molar-refractivity contribution in [2.75, 3.05) is 20.2 Å². The van der Waals surface area contributed by atoms with Crippen LogP contribution in [-0.4, -0.2) is 35.4 Å². The molecule has 0 aliphatic heterocycles. The molecule has 74 valence electrons. The highest BCUT2D eigenvalue weighted by Gasteiger charge is 2.10. The van der Waals surface area contributed by atoms with E-state index >= 15 is 0 Å². The SMILES string of the molecule is Cc1noc(C)c1CN(C)CCO. The summed E-state index contributed by atoms with van der Waals surface area (Å²) in [5.41, 5.74) is 2.05. The molecule has 0 amide bonds. The predicted octanol–water partition coefficient (Wildman–Crippen LogP) is 0.716. The average molecular weight is 184 g/mol.